The third kappa shape index (κ3) is 4.00. The summed E-state index contributed by atoms with van der Waals surface area (Å²) < 4.78 is 12.6. The molecule has 8 nitrogen and oxygen atoms in total. The lowest BCUT2D eigenvalue weighted by Crippen LogP contribution is -2.15. The average Bonchev–Trinajstić information content (AvgIpc) is 3.35. The fraction of sp³-hybridized carbons (Fsp3) is 0.250. The van der Waals surface area contributed by atoms with Gasteiger partial charge in [-0.1, -0.05) is 30.0 Å². The highest BCUT2D eigenvalue weighted by Crippen LogP contribution is 2.32. The molecule has 0 saturated heterocycles. The van der Waals surface area contributed by atoms with Crippen molar-refractivity contribution in [3.8, 4) is 11.5 Å². The first-order chi connectivity index (χ1) is 14.2. The molecule has 29 heavy (non-hydrogen) atoms. The molecule has 1 aliphatic rings. The minimum atomic E-state index is -0.156. The van der Waals surface area contributed by atoms with Crippen LogP contribution in [0, 0.1) is 0 Å². The molecule has 0 unspecified atom stereocenters. The highest BCUT2D eigenvalue weighted by Gasteiger charge is 2.26. The largest absolute Gasteiger partial charge is 0.497 e. The van der Waals surface area contributed by atoms with Gasteiger partial charge in [-0.05, 0) is 24.3 Å². The van der Waals surface area contributed by atoms with E-state index in [1.165, 1.54) is 11.8 Å². The number of fused-ring (bicyclic) bond motifs is 1. The van der Waals surface area contributed by atoms with Gasteiger partial charge in [-0.2, -0.15) is 0 Å². The first kappa shape index (κ1) is 19.1. The second kappa shape index (κ2) is 8.44. The summed E-state index contributed by atoms with van der Waals surface area (Å²) in [5, 5.41) is 12.2. The Morgan fingerprint density at radius 1 is 1.10 bits per heavy atom. The van der Waals surface area contributed by atoms with Crippen LogP contribution < -0.4 is 19.7 Å². The Morgan fingerprint density at radius 3 is 2.69 bits per heavy atom. The van der Waals surface area contributed by atoms with Gasteiger partial charge >= 0.3 is 0 Å². The van der Waals surface area contributed by atoms with Gasteiger partial charge in [-0.15, -0.1) is 10.2 Å². The molecular weight excluding hydrogens is 390 g/mol. The number of nitrogens with zero attached hydrogens (tertiary/aromatic N) is 4. The minimum absolute atomic E-state index is 0.156. The number of rotatable bonds is 7. The predicted molar refractivity (Wildman–Crippen MR) is 112 cm³/mol. The first-order valence-electron chi connectivity index (χ1n) is 9.10. The number of amides is 1. The summed E-state index contributed by atoms with van der Waals surface area (Å²) in [6, 6.07) is 15.3. The molecule has 1 aromatic heterocycles. The van der Waals surface area contributed by atoms with E-state index < -0.39 is 0 Å². The number of hydrogen-bond acceptors (Lipinski definition) is 7. The molecule has 3 aromatic rings. The van der Waals surface area contributed by atoms with Crippen LogP contribution in [0.15, 0.2) is 53.7 Å². The topological polar surface area (TPSA) is 81.5 Å². The van der Waals surface area contributed by atoms with Crippen LogP contribution in [0.3, 0.4) is 0 Å². The normalized spacial score (nSPS) is 12.6. The highest BCUT2D eigenvalue weighted by atomic mass is 32.2. The molecule has 0 radical (unpaired) electrons. The van der Waals surface area contributed by atoms with E-state index in [2.05, 4.69) is 20.4 Å². The first-order valence-corrected chi connectivity index (χ1v) is 10.1. The van der Waals surface area contributed by atoms with Gasteiger partial charge in [0.15, 0.2) is 5.16 Å². The highest BCUT2D eigenvalue weighted by molar-refractivity contribution is 7.99. The number of nitrogens with one attached hydrogen (secondary N) is 1. The molecule has 0 aliphatic carbocycles. The molecule has 4 rings (SSSR count). The van der Waals surface area contributed by atoms with Gasteiger partial charge in [0, 0.05) is 24.8 Å². The van der Waals surface area contributed by atoms with Crippen molar-refractivity contribution in [1.82, 2.24) is 14.8 Å². The van der Waals surface area contributed by atoms with Crippen molar-refractivity contribution in [3.05, 3.63) is 48.5 Å². The van der Waals surface area contributed by atoms with E-state index in [0.29, 0.717) is 17.2 Å². The molecule has 0 fully saturated rings. The van der Waals surface area contributed by atoms with Gasteiger partial charge in [-0.3, -0.25) is 9.36 Å². The van der Waals surface area contributed by atoms with E-state index in [-0.39, 0.29) is 11.7 Å². The van der Waals surface area contributed by atoms with Gasteiger partial charge in [0.25, 0.3) is 0 Å². The molecule has 2 heterocycles. The van der Waals surface area contributed by atoms with Crippen LogP contribution in [-0.4, -0.2) is 47.2 Å². The second-order valence-electron chi connectivity index (χ2n) is 6.32. The van der Waals surface area contributed by atoms with Crippen molar-refractivity contribution in [1.29, 1.82) is 0 Å². The van der Waals surface area contributed by atoms with Gasteiger partial charge in [0.1, 0.15) is 11.5 Å². The Bertz CT molecular complexity index is 1010. The van der Waals surface area contributed by atoms with Crippen molar-refractivity contribution in [3.63, 3.8) is 0 Å². The number of benzene rings is 2. The van der Waals surface area contributed by atoms with Crippen LogP contribution in [0.5, 0.6) is 11.5 Å². The van der Waals surface area contributed by atoms with Gasteiger partial charge in [-0.25, -0.2) is 0 Å². The average molecular weight is 411 g/mol. The molecule has 0 bridgehead atoms. The van der Waals surface area contributed by atoms with Crippen molar-refractivity contribution in [2.75, 3.05) is 36.7 Å². The third-order valence-electron chi connectivity index (χ3n) is 4.57. The zero-order chi connectivity index (χ0) is 20.2. The minimum Gasteiger partial charge on any atom is -0.497 e. The molecule has 1 amide bonds. The number of hydrogen-bond donors (Lipinski definition) is 1. The zero-order valence-electron chi connectivity index (χ0n) is 16.2. The number of carbonyl (C=O) groups is 1. The SMILES string of the molecule is COc1ccc(OC)c(NC(=O)CSc2nnc3n2CCN3c2ccccc2)c1. The van der Waals surface area contributed by atoms with Crippen molar-refractivity contribution >= 4 is 35.0 Å². The molecule has 0 spiro atoms. The molecular formula is C20H21N5O3S. The summed E-state index contributed by atoms with van der Waals surface area (Å²) >= 11 is 1.36. The summed E-state index contributed by atoms with van der Waals surface area (Å²) in [4.78, 5) is 14.6. The molecule has 1 N–H and O–H groups in total. The quantitative estimate of drug-likeness (QED) is 0.598. The van der Waals surface area contributed by atoms with Gasteiger partial charge in [0.05, 0.1) is 25.7 Å². The zero-order valence-corrected chi connectivity index (χ0v) is 17.0. The van der Waals surface area contributed by atoms with Crippen LogP contribution in [0.2, 0.25) is 0 Å². The summed E-state index contributed by atoms with van der Waals surface area (Å²) in [5.74, 6) is 2.07. The Balaban J connectivity index is 1.41. The van der Waals surface area contributed by atoms with Crippen molar-refractivity contribution in [2.24, 2.45) is 0 Å². The third-order valence-corrected chi connectivity index (χ3v) is 5.53. The lowest BCUT2D eigenvalue weighted by atomic mass is 10.2. The predicted octanol–water partition coefficient (Wildman–Crippen LogP) is 3.18. The number of methoxy groups -OCH3 is 2. The van der Waals surface area contributed by atoms with E-state index in [0.717, 1.165) is 29.9 Å². The van der Waals surface area contributed by atoms with Gasteiger partial charge in [0.2, 0.25) is 11.9 Å². The fourth-order valence-electron chi connectivity index (χ4n) is 3.16. The standard InChI is InChI=1S/C20H21N5O3S/c1-27-15-8-9-17(28-2)16(12-15)21-18(26)13-29-20-23-22-19-24(10-11-25(19)20)14-6-4-3-5-7-14/h3-9,12H,10-11,13H2,1-2H3,(H,21,26). The maximum absolute atomic E-state index is 12.5. The number of ether oxygens (including phenoxy) is 2. The Morgan fingerprint density at radius 2 is 1.93 bits per heavy atom. The molecule has 9 heteroatoms. The fourth-order valence-corrected chi connectivity index (χ4v) is 3.92. The summed E-state index contributed by atoms with van der Waals surface area (Å²) in [6.07, 6.45) is 0. The smallest absolute Gasteiger partial charge is 0.234 e. The van der Waals surface area contributed by atoms with Gasteiger partial charge < -0.3 is 19.7 Å². The summed E-state index contributed by atoms with van der Waals surface area (Å²) in [5.41, 5.74) is 1.65. The van der Waals surface area contributed by atoms with E-state index >= 15 is 0 Å². The number of aromatic nitrogens is 3. The van der Waals surface area contributed by atoms with E-state index in [4.69, 9.17) is 9.47 Å². The van der Waals surface area contributed by atoms with Crippen LogP contribution in [0.25, 0.3) is 0 Å². The number of carbonyl (C=O) groups excluding carboxylic acids is 1. The number of thioether (sulfide) groups is 1. The van der Waals surface area contributed by atoms with Crippen molar-refractivity contribution < 1.29 is 14.3 Å². The molecule has 0 atom stereocenters. The maximum Gasteiger partial charge on any atom is 0.234 e. The number of anilines is 3. The van der Waals surface area contributed by atoms with Crippen LogP contribution in [-0.2, 0) is 11.3 Å². The van der Waals surface area contributed by atoms with E-state index in [1.807, 2.05) is 34.9 Å². The Hall–Kier alpha value is -3.20. The molecule has 150 valence electrons. The molecule has 0 saturated carbocycles. The van der Waals surface area contributed by atoms with Crippen LogP contribution >= 0.6 is 11.8 Å². The van der Waals surface area contributed by atoms with Crippen LogP contribution in [0.1, 0.15) is 0 Å². The lowest BCUT2D eigenvalue weighted by molar-refractivity contribution is -0.113. The second-order valence-corrected chi connectivity index (χ2v) is 7.27. The maximum atomic E-state index is 12.5. The molecule has 2 aromatic carbocycles. The Labute approximate surface area is 172 Å². The monoisotopic (exact) mass is 411 g/mol. The summed E-state index contributed by atoms with van der Waals surface area (Å²) in [6.45, 7) is 1.61. The van der Waals surface area contributed by atoms with E-state index in [9.17, 15) is 4.79 Å². The van der Waals surface area contributed by atoms with E-state index in [1.54, 1.807) is 32.4 Å². The van der Waals surface area contributed by atoms with Crippen molar-refractivity contribution in [2.45, 2.75) is 11.7 Å². The molecule has 1 aliphatic heterocycles. The summed E-state index contributed by atoms with van der Waals surface area (Å²) in [7, 11) is 3.14. The van der Waals surface area contributed by atoms with Crippen LogP contribution in [0.4, 0.5) is 17.3 Å². The number of para-hydroxylation sites is 1. The Kier molecular flexibility index (Phi) is 5.57. The lowest BCUT2D eigenvalue weighted by Gasteiger charge is -2.14.